The van der Waals surface area contributed by atoms with Crippen LogP contribution in [0.15, 0.2) is 12.7 Å². The summed E-state index contributed by atoms with van der Waals surface area (Å²) in [6, 6.07) is 0. The van der Waals surface area contributed by atoms with Crippen LogP contribution >= 0.6 is 0 Å². The fourth-order valence-corrected chi connectivity index (χ4v) is 1.17. The van der Waals surface area contributed by atoms with Gasteiger partial charge in [0.1, 0.15) is 6.61 Å². The third-order valence-electron chi connectivity index (χ3n) is 1.93. The van der Waals surface area contributed by atoms with Gasteiger partial charge in [-0.1, -0.05) is 19.1 Å². The summed E-state index contributed by atoms with van der Waals surface area (Å²) in [4.78, 5) is 22.0. The normalized spacial score (nSPS) is 9.56. The van der Waals surface area contributed by atoms with Crippen LogP contribution < -0.4 is 0 Å². The van der Waals surface area contributed by atoms with Crippen LogP contribution in [0.4, 0.5) is 0 Å². The van der Waals surface area contributed by atoms with Crippen LogP contribution in [0, 0.1) is 0 Å². The first-order chi connectivity index (χ1) is 7.70. The van der Waals surface area contributed by atoms with Crippen molar-refractivity contribution in [2.75, 3.05) is 13.2 Å². The number of esters is 2. The maximum atomic E-state index is 11.0. The highest BCUT2D eigenvalue weighted by Gasteiger charge is 2.03. The molecule has 0 heterocycles. The van der Waals surface area contributed by atoms with Crippen molar-refractivity contribution in [3.63, 3.8) is 0 Å². The highest BCUT2D eigenvalue weighted by molar-refractivity contribution is 5.69. The fourth-order valence-electron chi connectivity index (χ4n) is 1.17. The summed E-state index contributed by atoms with van der Waals surface area (Å²) in [5.41, 5.74) is 0. The summed E-state index contributed by atoms with van der Waals surface area (Å²) in [5.74, 6) is -0.382. The van der Waals surface area contributed by atoms with Crippen molar-refractivity contribution < 1.29 is 19.1 Å². The summed E-state index contributed by atoms with van der Waals surface area (Å²) in [6.07, 6.45) is 4.70. The molecule has 4 nitrogen and oxygen atoms in total. The fraction of sp³-hybridized carbons (Fsp3) is 0.667. The van der Waals surface area contributed by atoms with Crippen molar-refractivity contribution in [3.8, 4) is 0 Å². The Morgan fingerprint density at radius 3 is 2.12 bits per heavy atom. The van der Waals surface area contributed by atoms with E-state index in [-0.39, 0.29) is 18.5 Å². The van der Waals surface area contributed by atoms with E-state index in [1.165, 1.54) is 0 Å². The molecule has 0 saturated heterocycles. The van der Waals surface area contributed by atoms with E-state index in [2.05, 4.69) is 6.58 Å². The van der Waals surface area contributed by atoms with E-state index in [1.54, 1.807) is 13.0 Å². The molecule has 16 heavy (non-hydrogen) atoms. The average molecular weight is 228 g/mol. The van der Waals surface area contributed by atoms with Gasteiger partial charge < -0.3 is 9.47 Å². The molecular weight excluding hydrogens is 208 g/mol. The van der Waals surface area contributed by atoms with Gasteiger partial charge in [0.2, 0.25) is 0 Å². The first-order valence-corrected chi connectivity index (χ1v) is 5.62. The summed E-state index contributed by atoms with van der Waals surface area (Å²) in [5, 5.41) is 0. The molecule has 0 aliphatic heterocycles. The van der Waals surface area contributed by atoms with Crippen LogP contribution in [0.2, 0.25) is 0 Å². The van der Waals surface area contributed by atoms with Crippen molar-refractivity contribution in [1.29, 1.82) is 0 Å². The summed E-state index contributed by atoms with van der Waals surface area (Å²) in [6.45, 7) is 5.92. The molecule has 0 amide bonds. The van der Waals surface area contributed by atoms with Crippen LogP contribution in [0.3, 0.4) is 0 Å². The van der Waals surface area contributed by atoms with E-state index in [0.29, 0.717) is 19.4 Å². The van der Waals surface area contributed by atoms with Gasteiger partial charge in [0.25, 0.3) is 0 Å². The van der Waals surface area contributed by atoms with Crippen molar-refractivity contribution in [2.24, 2.45) is 0 Å². The van der Waals surface area contributed by atoms with Gasteiger partial charge in [-0.25, -0.2) is 0 Å². The van der Waals surface area contributed by atoms with Crippen LogP contribution in [0.5, 0.6) is 0 Å². The van der Waals surface area contributed by atoms with Gasteiger partial charge in [-0.3, -0.25) is 9.59 Å². The highest BCUT2D eigenvalue weighted by atomic mass is 16.5. The number of rotatable bonds is 9. The topological polar surface area (TPSA) is 52.6 Å². The minimum Gasteiger partial charge on any atom is -0.466 e. The SMILES string of the molecule is C=CCOC(=O)CCCCCC(=O)OCC. The van der Waals surface area contributed by atoms with Crippen LogP contribution in [0.1, 0.15) is 39.0 Å². The summed E-state index contributed by atoms with van der Waals surface area (Å²) >= 11 is 0. The van der Waals surface area contributed by atoms with Gasteiger partial charge >= 0.3 is 11.9 Å². The number of hydrogen-bond donors (Lipinski definition) is 0. The van der Waals surface area contributed by atoms with Crippen molar-refractivity contribution in [2.45, 2.75) is 39.0 Å². The maximum Gasteiger partial charge on any atom is 0.306 e. The van der Waals surface area contributed by atoms with Crippen LogP contribution in [-0.4, -0.2) is 25.2 Å². The van der Waals surface area contributed by atoms with Gasteiger partial charge in [-0.2, -0.15) is 0 Å². The minimum atomic E-state index is -0.212. The molecule has 92 valence electrons. The molecular formula is C12H20O4. The molecule has 0 aromatic rings. The zero-order valence-corrected chi connectivity index (χ0v) is 9.87. The molecule has 4 heteroatoms. The van der Waals surface area contributed by atoms with Crippen molar-refractivity contribution >= 4 is 11.9 Å². The molecule has 0 aliphatic rings. The second kappa shape index (κ2) is 10.2. The van der Waals surface area contributed by atoms with E-state index in [0.717, 1.165) is 19.3 Å². The number of carbonyl (C=O) groups is 2. The Morgan fingerprint density at radius 1 is 1.06 bits per heavy atom. The molecule has 0 fully saturated rings. The van der Waals surface area contributed by atoms with Gasteiger partial charge in [0.05, 0.1) is 6.61 Å². The van der Waals surface area contributed by atoms with Crippen molar-refractivity contribution in [3.05, 3.63) is 12.7 Å². The smallest absolute Gasteiger partial charge is 0.306 e. The molecule has 0 aliphatic carbocycles. The zero-order valence-electron chi connectivity index (χ0n) is 9.87. The standard InChI is InChI=1S/C12H20O4/c1-3-10-16-12(14)9-7-5-6-8-11(13)15-4-2/h3H,1,4-10H2,2H3. The number of ether oxygens (including phenoxy) is 2. The van der Waals surface area contributed by atoms with Crippen LogP contribution in [-0.2, 0) is 19.1 Å². The third kappa shape index (κ3) is 9.24. The third-order valence-corrected chi connectivity index (χ3v) is 1.93. The Morgan fingerprint density at radius 2 is 1.62 bits per heavy atom. The first kappa shape index (κ1) is 14.7. The quantitative estimate of drug-likeness (QED) is 0.345. The Bertz CT molecular complexity index is 223. The molecule has 0 spiro atoms. The Balaban J connectivity index is 3.29. The predicted octanol–water partition coefficient (Wildman–Crippen LogP) is 2.23. The van der Waals surface area contributed by atoms with Gasteiger partial charge in [0.15, 0.2) is 0 Å². The first-order valence-electron chi connectivity index (χ1n) is 5.62. The van der Waals surface area contributed by atoms with Crippen molar-refractivity contribution in [1.82, 2.24) is 0 Å². The number of unbranched alkanes of at least 4 members (excludes halogenated alkanes) is 2. The molecule has 0 N–H and O–H groups in total. The Hall–Kier alpha value is -1.32. The lowest BCUT2D eigenvalue weighted by atomic mass is 10.1. The van der Waals surface area contributed by atoms with Gasteiger partial charge in [-0.05, 0) is 19.8 Å². The van der Waals surface area contributed by atoms with Gasteiger partial charge in [-0.15, -0.1) is 0 Å². The second-order valence-electron chi connectivity index (χ2n) is 3.34. The molecule has 0 aromatic carbocycles. The van der Waals surface area contributed by atoms with Gasteiger partial charge in [0, 0.05) is 12.8 Å². The molecule has 0 unspecified atom stereocenters. The van der Waals surface area contributed by atoms with E-state index >= 15 is 0 Å². The summed E-state index contributed by atoms with van der Waals surface area (Å²) < 4.78 is 9.59. The minimum absolute atomic E-state index is 0.170. The number of carbonyl (C=O) groups excluding carboxylic acids is 2. The monoisotopic (exact) mass is 228 g/mol. The molecule has 0 radical (unpaired) electrons. The highest BCUT2D eigenvalue weighted by Crippen LogP contribution is 2.05. The molecule has 0 aromatic heterocycles. The Labute approximate surface area is 96.6 Å². The van der Waals surface area contributed by atoms with E-state index < -0.39 is 0 Å². The zero-order chi connectivity index (χ0) is 12.2. The van der Waals surface area contributed by atoms with E-state index in [1.807, 2.05) is 0 Å². The lowest BCUT2D eigenvalue weighted by Gasteiger charge is -2.02. The largest absolute Gasteiger partial charge is 0.466 e. The van der Waals surface area contributed by atoms with Crippen LogP contribution in [0.25, 0.3) is 0 Å². The molecule has 0 bridgehead atoms. The van der Waals surface area contributed by atoms with E-state index in [9.17, 15) is 9.59 Å². The van der Waals surface area contributed by atoms with E-state index in [4.69, 9.17) is 9.47 Å². The number of hydrogen-bond acceptors (Lipinski definition) is 4. The maximum absolute atomic E-state index is 11.0. The molecule has 0 saturated carbocycles. The average Bonchev–Trinajstić information content (AvgIpc) is 2.26. The lowest BCUT2D eigenvalue weighted by molar-refractivity contribution is -0.143. The molecule has 0 atom stereocenters. The lowest BCUT2D eigenvalue weighted by Crippen LogP contribution is -2.05. The predicted molar refractivity (Wildman–Crippen MR) is 60.9 cm³/mol. The summed E-state index contributed by atoms with van der Waals surface area (Å²) in [7, 11) is 0. The Kier molecular flexibility index (Phi) is 9.36. The molecule has 0 rings (SSSR count). The second-order valence-corrected chi connectivity index (χ2v) is 3.34.